The number of nitrogens with two attached hydrogens (primary N) is 1. The van der Waals surface area contributed by atoms with Crippen molar-refractivity contribution in [3.63, 3.8) is 0 Å². The maximum Gasteiger partial charge on any atom is 0.229 e. The molecule has 5 heteroatoms. The van der Waals surface area contributed by atoms with Crippen LogP contribution >= 0.6 is 12.4 Å². The Morgan fingerprint density at radius 2 is 2.09 bits per heavy atom. The molecule has 5 unspecified atom stereocenters. The SMILES string of the molecule is COC(C)c1cccc(NC(=O)C2C3CCC(C3)C2N)c1.Cl. The second kappa shape index (κ2) is 6.99. The summed E-state index contributed by atoms with van der Waals surface area (Å²) < 4.78 is 5.32. The Bertz CT molecular complexity index is 535. The molecule has 2 aliphatic rings. The lowest BCUT2D eigenvalue weighted by atomic mass is 9.84. The molecule has 1 aromatic rings. The van der Waals surface area contributed by atoms with Gasteiger partial charge in [-0.25, -0.2) is 0 Å². The van der Waals surface area contributed by atoms with Crippen LogP contribution in [0.15, 0.2) is 24.3 Å². The highest BCUT2D eigenvalue weighted by molar-refractivity contribution is 5.93. The van der Waals surface area contributed by atoms with Gasteiger partial charge in [-0.05, 0) is 55.7 Å². The molecule has 1 aromatic carbocycles. The number of fused-ring (bicyclic) bond motifs is 2. The molecule has 0 aliphatic heterocycles. The van der Waals surface area contributed by atoms with Gasteiger partial charge in [0.25, 0.3) is 0 Å². The molecule has 3 N–H and O–H groups in total. The summed E-state index contributed by atoms with van der Waals surface area (Å²) in [7, 11) is 1.68. The van der Waals surface area contributed by atoms with Gasteiger partial charge in [-0.3, -0.25) is 4.79 Å². The number of anilines is 1. The number of benzene rings is 1. The molecule has 2 bridgehead atoms. The van der Waals surface area contributed by atoms with Crippen molar-refractivity contribution in [1.82, 2.24) is 0 Å². The van der Waals surface area contributed by atoms with Crippen molar-refractivity contribution in [3.05, 3.63) is 29.8 Å². The molecule has 2 aliphatic carbocycles. The van der Waals surface area contributed by atoms with E-state index in [1.54, 1.807) is 7.11 Å². The second-order valence-electron chi connectivity index (χ2n) is 6.43. The number of hydrogen-bond donors (Lipinski definition) is 2. The fourth-order valence-corrected chi connectivity index (χ4v) is 3.96. The largest absolute Gasteiger partial charge is 0.377 e. The van der Waals surface area contributed by atoms with Crippen molar-refractivity contribution in [2.75, 3.05) is 12.4 Å². The molecule has 122 valence electrons. The summed E-state index contributed by atoms with van der Waals surface area (Å²) >= 11 is 0. The van der Waals surface area contributed by atoms with Crippen molar-refractivity contribution >= 4 is 24.0 Å². The molecular formula is C17H25ClN2O2. The van der Waals surface area contributed by atoms with Gasteiger partial charge in [0, 0.05) is 18.8 Å². The highest BCUT2D eigenvalue weighted by Gasteiger charge is 2.49. The molecule has 0 spiro atoms. The first-order valence-corrected chi connectivity index (χ1v) is 7.79. The van der Waals surface area contributed by atoms with Crippen LogP contribution in [-0.4, -0.2) is 19.1 Å². The van der Waals surface area contributed by atoms with Crippen LogP contribution in [0.4, 0.5) is 5.69 Å². The van der Waals surface area contributed by atoms with Crippen LogP contribution < -0.4 is 11.1 Å². The third-order valence-electron chi connectivity index (χ3n) is 5.26. The van der Waals surface area contributed by atoms with E-state index in [4.69, 9.17) is 10.5 Å². The van der Waals surface area contributed by atoms with E-state index in [1.807, 2.05) is 31.2 Å². The summed E-state index contributed by atoms with van der Waals surface area (Å²) in [6.45, 7) is 1.99. The van der Waals surface area contributed by atoms with Crippen molar-refractivity contribution in [3.8, 4) is 0 Å². The Labute approximate surface area is 138 Å². The van der Waals surface area contributed by atoms with Crippen molar-refractivity contribution in [2.45, 2.75) is 38.3 Å². The summed E-state index contributed by atoms with van der Waals surface area (Å²) in [4.78, 5) is 12.5. The molecule has 4 nitrogen and oxygen atoms in total. The number of amides is 1. The number of nitrogens with one attached hydrogen (secondary N) is 1. The smallest absolute Gasteiger partial charge is 0.229 e. The molecule has 0 aromatic heterocycles. The van der Waals surface area contributed by atoms with E-state index in [1.165, 1.54) is 6.42 Å². The fraction of sp³-hybridized carbons (Fsp3) is 0.588. The Hall–Kier alpha value is -1.10. The normalized spacial score (nSPS) is 30.7. The number of ether oxygens (including phenoxy) is 1. The summed E-state index contributed by atoms with van der Waals surface area (Å²) in [5, 5.41) is 3.04. The zero-order valence-corrected chi connectivity index (χ0v) is 13.9. The lowest BCUT2D eigenvalue weighted by molar-refractivity contribution is -0.121. The first kappa shape index (κ1) is 17.3. The number of methoxy groups -OCH3 is 1. The molecule has 0 radical (unpaired) electrons. The van der Waals surface area contributed by atoms with E-state index in [2.05, 4.69) is 5.32 Å². The van der Waals surface area contributed by atoms with Crippen molar-refractivity contribution in [1.29, 1.82) is 0 Å². The van der Waals surface area contributed by atoms with Gasteiger partial charge in [0.1, 0.15) is 0 Å². The molecular weight excluding hydrogens is 300 g/mol. The van der Waals surface area contributed by atoms with Gasteiger partial charge >= 0.3 is 0 Å². The standard InChI is InChI=1S/C17H24N2O2.ClH/c1-10(21-2)11-4-3-5-14(9-11)19-17(20)15-12-6-7-13(8-12)16(15)18;/h3-5,9-10,12-13,15-16H,6-8,18H2,1-2H3,(H,19,20);1H. The highest BCUT2D eigenvalue weighted by atomic mass is 35.5. The van der Waals surface area contributed by atoms with Crippen LogP contribution in [0.2, 0.25) is 0 Å². The van der Waals surface area contributed by atoms with Gasteiger partial charge in [0.2, 0.25) is 5.91 Å². The van der Waals surface area contributed by atoms with E-state index >= 15 is 0 Å². The Morgan fingerprint density at radius 3 is 2.73 bits per heavy atom. The third kappa shape index (κ3) is 3.14. The Kier molecular flexibility index (Phi) is 5.48. The Balaban J connectivity index is 0.00000176. The molecule has 22 heavy (non-hydrogen) atoms. The average Bonchev–Trinajstić information content (AvgIpc) is 3.07. The number of carbonyl (C=O) groups is 1. The quantitative estimate of drug-likeness (QED) is 0.894. The summed E-state index contributed by atoms with van der Waals surface area (Å²) in [6.07, 6.45) is 3.49. The number of halogens is 1. The summed E-state index contributed by atoms with van der Waals surface area (Å²) in [6, 6.07) is 7.88. The van der Waals surface area contributed by atoms with Crippen LogP contribution in [0.1, 0.15) is 37.9 Å². The van der Waals surface area contributed by atoms with E-state index < -0.39 is 0 Å². The lowest BCUT2D eigenvalue weighted by Crippen LogP contribution is -2.42. The zero-order valence-electron chi connectivity index (χ0n) is 13.1. The van der Waals surface area contributed by atoms with E-state index in [-0.39, 0.29) is 36.4 Å². The first-order chi connectivity index (χ1) is 10.1. The predicted molar refractivity (Wildman–Crippen MR) is 90.0 cm³/mol. The third-order valence-corrected chi connectivity index (χ3v) is 5.26. The number of carbonyl (C=O) groups excluding carboxylic acids is 1. The summed E-state index contributed by atoms with van der Waals surface area (Å²) in [5.41, 5.74) is 8.13. The zero-order chi connectivity index (χ0) is 15.0. The van der Waals surface area contributed by atoms with Gasteiger partial charge in [-0.2, -0.15) is 0 Å². The summed E-state index contributed by atoms with van der Waals surface area (Å²) in [5.74, 6) is 1.08. The Morgan fingerprint density at radius 1 is 1.36 bits per heavy atom. The fourth-order valence-electron chi connectivity index (χ4n) is 3.96. The predicted octanol–water partition coefficient (Wildman–Crippen LogP) is 3.13. The molecule has 3 rings (SSSR count). The first-order valence-electron chi connectivity index (χ1n) is 7.79. The van der Waals surface area contributed by atoms with E-state index in [9.17, 15) is 4.79 Å². The minimum Gasteiger partial charge on any atom is -0.377 e. The van der Waals surface area contributed by atoms with Crippen LogP contribution in [0, 0.1) is 17.8 Å². The van der Waals surface area contributed by atoms with Crippen LogP contribution in [0.25, 0.3) is 0 Å². The average molecular weight is 325 g/mol. The van der Waals surface area contributed by atoms with Gasteiger partial charge in [0.05, 0.1) is 12.0 Å². The molecule has 0 saturated heterocycles. The van der Waals surface area contributed by atoms with Crippen LogP contribution in [0.3, 0.4) is 0 Å². The van der Waals surface area contributed by atoms with E-state index in [0.717, 1.165) is 24.1 Å². The molecule has 2 fully saturated rings. The monoisotopic (exact) mass is 324 g/mol. The van der Waals surface area contributed by atoms with Crippen LogP contribution in [-0.2, 0) is 9.53 Å². The van der Waals surface area contributed by atoms with Gasteiger partial charge < -0.3 is 15.8 Å². The van der Waals surface area contributed by atoms with Crippen molar-refractivity contribution in [2.24, 2.45) is 23.5 Å². The molecule has 2 saturated carbocycles. The van der Waals surface area contributed by atoms with Gasteiger partial charge in [-0.1, -0.05) is 12.1 Å². The maximum atomic E-state index is 12.5. The lowest BCUT2D eigenvalue weighted by Gasteiger charge is -2.27. The van der Waals surface area contributed by atoms with Gasteiger partial charge in [-0.15, -0.1) is 12.4 Å². The molecule has 1 amide bonds. The topological polar surface area (TPSA) is 64.3 Å². The van der Waals surface area contributed by atoms with Gasteiger partial charge in [0.15, 0.2) is 0 Å². The highest BCUT2D eigenvalue weighted by Crippen LogP contribution is 2.47. The number of rotatable bonds is 4. The minimum absolute atomic E-state index is 0. The molecule has 5 atom stereocenters. The second-order valence-corrected chi connectivity index (χ2v) is 6.43. The van der Waals surface area contributed by atoms with Crippen molar-refractivity contribution < 1.29 is 9.53 Å². The minimum atomic E-state index is -0.0211. The van der Waals surface area contributed by atoms with E-state index in [0.29, 0.717) is 11.8 Å². The maximum absolute atomic E-state index is 12.5. The number of hydrogen-bond acceptors (Lipinski definition) is 3. The molecule has 0 heterocycles. The van der Waals surface area contributed by atoms with Crippen LogP contribution in [0.5, 0.6) is 0 Å².